The van der Waals surface area contributed by atoms with E-state index >= 15 is 0 Å². The Morgan fingerprint density at radius 1 is 1.23 bits per heavy atom. The van der Waals surface area contributed by atoms with Crippen molar-refractivity contribution in [1.82, 2.24) is 19.1 Å². The van der Waals surface area contributed by atoms with Crippen LogP contribution in [0.4, 0.5) is 5.82 Å². The minimum Gasteiger partial charge on any atom is -0.492 e. The van der Waals surface area contributed by atoms with Crippen molar-refractivity contribution in [2.45, 2.75) is 37.6 Å². The molecular weight excluding hydrogens is 486 g/mol. The molecule has 5 rings (SSSR count). The van der Waals surface area contributed by atoms with E-state index in [1.165, 1.54) is 39.9 Å². The minimum absolute atomic E-state index is 0.0682. The molecule has 1 aliphatic rings. The molecule has 182 valence electrons. The number of carbonyl (C=O) groups excluding carboxylic acids is 1. The molecule has 2 aromatic carbocycles. The van der Waals surface area contributed by atoms with Gasteiger partial charge < -0.3 is 10.1 Å². The minimum atomic E-state index is -3.57. The molecule has 1 aliphatic carbocycles. The van der Waals surface area contributed by atoms with Gasteiger partial charge in [-0.2, -0.15) is 14.1 Å². The lowest BCUT2D eigenvalue weighted by Gasteiger charge is -2.16. The van der Waals surface area contributed by atoms with Gasteiger partial charge in [0.05, 0.1) is 21.9 Å². The standard InChI is InChI=1S/C24H25N5O4S2/c1-4-33-19-6-5-7-20-22(19)26-24(34-20)29-21(14-15(2)27-29)25-23(30)16-8-12-18(13-9-16)35(31,32)28(3)17-10-11-17/h5-9,12-14,17H,4,10-11H2,1-3H3,(H,25,30). The van der Waals surface area contributed by atoms with Crippen LogP contribution in [0.5, 0.6) is 5.75 Å². The van der Waals surface area contributed by atoms with Crippen molar-refractivity contribution in [2.75, 3.05) is 19.0 Å². The van der Waals surface area contributed by atoms with E-state index in [1.807, 2.05) is 32.0 Å². The summed E-state index contributed by atoms with van der Waals surface area (Å²) >= 11 is 1.44. The van der Waals surface area contributed by atoms with Gasteiger partial charge in [0.2, 0.25) is 15.2 Å². The molecule has 0 unspecified atom stereocenters. The third-order valence-electron chi connectivity index (χ3n) is 5.78. The zero-order chi connectivity index (χ0) is 24.7. The Morgan fingerprint density at radius 3 is 2.66 bits per heavy atom. The largest absolute Gasteiger partial charge is 0.492 e. The maximum absolute atomic E-state index is 13.0. The van der Waals surface area contributed by atoms with E-state index in [4.69, 9.17) is 9.72 Å². The fourth-order valence-electron chi connectivity index (χ4n) is 3.78. The summed E-state index contributed by atoms with van der Waals surface area (Å²) in [5, 5.41) is 7.98. The first-order chi connectivity index (χ1) is 16.8. The molecule has 35 heavy (non-hydrogen) atoms. The van der Waals surface area contributed by atoms with E-state index in [9.17, 15) is 13.2 Å². The fourth-order valence-corrected chi connectivity index (χ4v) is 6.14. The third kappa shape index (κ3) is 4.54. The van der Waals surface area contributed by atoms with Crippen LogP contribution in [0.3, 0.4) is 0 Å². The number of anilines is 1. The maximum Gasteiger partial charge on any atom is 0.256 e. The maximum atomic E-state index is 13.0. The summed E-state index contributed by atoms with van der Waals surface area (Å²) in [6, 6.07) is 13.5. The highest BCUT2D eigenvalue weighted by atomic mass is 32.2. The van der Waals surface area contributed by atoms with Crippen LogP contribution in [0.2, 0.25) is 0 Å². The smallest absolute Gasteiger partial charge is 0.256 e. The Balaban J connectivity index is 1.39. The number of amides is 1. The van der Waals surface area contributed by atoms with Crippen molar-refractivity contribution in [3.05, 3.63) is 59.8 Å². The summed E-state index contributed by atoms with van der Waals surface area (Å²) < 4.78 is 35.1. The number of para-hydroxylation sites is 1. The number of hydrogen-bond donors (Lipinski definition) is 1. The van der Waals surface area contributed by atoms with Gasteiger partial charge in [0, 0.05) is 24.7 Å². The molecule has 2 aromatic heterocycles. The van der Waals surface area contributed by atoms with E-state index in [-0.39, 0.29) is 16.8 Å². The SMILES string of the molecule is CCOc1cccc2sc(-n3nc(C)cc3NC(=O)c3ccc(S(=O)(=O)N(C)C4CC4)cc3)nc12. The van der Waals surface area contributed by atoms with Gasteiger partial charge in [0.15, 0.2) is 0 Å². The first kappa shape index (κ1) is 23.5. The highest BCUT2D eigenvalue weighted by molar-refractivity contribution is 7.89. The van der Waals surface area contributed by atoms with Crippen LogP contribution >= 0.6 is 11.3 Å². The summed E-state index contributed by atoms with van der Waals surface area (Å²) in [5.41, 5.74) is 1.80. The van der Waals surface area contributed by atoms with Crippen LogP contribution in [0.1, 0.15) is 35.8 Å². The zero-order valence-corrected chi connectivity index (χ0v) is 21.2. The number of benzene rings is 2. The van der Waals surface area contributed by atoms with Gasteiger partial charge in [-0.25, -0.2) is 13.4 Å². The third-order valence-corrected chi connectivity index (χ3v) is 8.70. The van der Waals surface area contributed by atoms with Gasteiger partial charge in [-0.3, -0.25) is 4.79 Å². The number of nitrogens with one attached hydrogen (secondary N) is 1. The van der Waals surface area contributed by atoms with Crippen LogP contribution in [0.25, 0.3) is 15.3 Å². The molecular formula is C24H25N5O4S2. The van der Waals surface area contributed by atoms with Crippen LogP contribution in [0, 0.1) is 6.92 Å². The molecule has 1 N–H and O–H groups in total. The molecule has 11 heteroatoms. The number of carbonyl (C=O) groups is 1. The summed E-state index contributed by atoms with van der Waals surface area (Å²) in [6.07, 6.45) is 1.76. The lowest BCUT2D eigenvalue weighted by Crippen LogP contribution is -2.29. The molecule has 0 saturated heterocycles. The Bertz CT molecular complexity index is 1500. The predicted molar refractivity (Wildman–Crippen MR) is 135 cm³/mol. The molecule has 0 aliphatic heterocycles. The first-order valence-electron chi connectivity index (χ1n) is 11.3. The lowest BCUT2D eigenvalue weighted by atomic mass is 10.2. The number of aryl methyl sites for hydroxylation is 1. The van der Waals surface area contributed by atoms with E-state index in [0.717, 1.165) is 23.1 Å². The van der Waals surface area contributed by atoms with Crippen molar-refractivity contribution < 1.29 is 17.9 Å². The number of nitrogens with zero attached hydrogens (tertiary/aromatic N) is 4. The van der Waals surface area contributed by atoms with Crippen molar-refractivity contribution in [3.63, 3.8) is 0 Å². The molecule has 2 heterocycles. The number of rotatable bonds is 8. The first-order valence-corrected chi connectivity index (χ1v) is 13.5. The number of fused-ring (bicyclic) bond motifs is 1. The Labute approximate surface area is 207 Å². The average Bonchev–Trinajstić information content (AvgIpc) is 3.49. The summed E-state index contributed by atoms with van der Waals surface area (Å²) in [4.78, 5) is 17.9. The molecule has 1 amide bonds. The van der Waals surface area contributed by atoms with E-state index < -0.39 is 10.0 Å². The van der Waals surface area contributed by atoms with E-state index in [0.29, 0.717) is 34.6 Å². The van der Waals surface area contributed by atoms with Gasteiger partial charge in [0.25, 0.3) is 5.91 Å². The number of ether oxygens (including phenoxy) is 1. The number of sulfonamides is 1. The van der Waals surface area contributed by atoms with Crippen molar-refractivity contribution >= 4 is 43.3 Å². The highest BCUT2D eigenvalue weighted by Gasteiger charge is 2.35. The summed E-state index contributed by atoms with van der Waals surface area (Å²) in [7, 11) is -1.97. The van der Waals surface area contributed by atoms with E-state index in [1.54, 1.807) is 17.8 Å². The molecule has 1 fully saturated rings. The second-order valence-electron chi connectivity index (χ2n) is 8.35. The van der Waals surface area contributed by atoms with Gasteiger partial charge in [0.1, 0.15) is 17.1 Å². The quantitative estimate of drug-likeness (QED) is 0.380. The summed E-state index contributed by atoms with van der Waals surface area (Å²) in [5.74, 6) is 0.792. The molecule has 0 atom stereocenters. The Morgan fingerprint density at radius 2 is 1.97 bits per heavy atom. The van der Waals surface area contributed by atoms with Crippen LogP contribution in [-0.2, 0) is 10.0 Å². The van der Waals surface area contributed by atoms with Gasteiger partial charge in [-0.05, 0) is 63.1 Å². The fraction of sp³-hybridized carbons (Fsp3) is 0.292. The number of thiazole rings is 1. The van der Waals surface area contributed by atoms with Crippen LogP contribution in [0.15, 0.2) is 53.4 Å². The number of hydrogen-bond acceptors (Lipinski definition) is 7. The normalized spacial score (nSPS) is 13.9. The predicted octanol–water partition coefficient (Wildman–Crippen LogP) is 4.22. The molecule has 0 bridgehead atoms. The lowest BCUT2D eigenvalue weighted by molar-refractivity contribution is 0.102. The topological polar surface area (TPSA) is 106 Å². The number of aromatic nitrogens is 3. The van der Waals surface area contributed by atoms with Crippen molar-refractivity contribution in [1.29, 1.82) is 0 Å². The molecule has 4 aromatic rings. The monoisotopic (exact) mass is 511 g/mol. The van der Waals surface area contributed by atoms with Crippen molar-refractivity contribution in [3.8, 4) is 10.9 Å². The van der Waals surface area contributed by atoms with Crippen LogP contribution < -0.4 is 10.1 Å². The highest BCUT2D eigenvalue weighted by Crippen LogP contribution is 2.33. The van der Waals surface area contributed by atoms with Crippen LogP contribution in [-0.4, -0.2) is 53.1 Å². The van der Waals surface area contributed by atoms with Gasteiger partial charge in [-0.15, -0.1) is 0 Å². The van der Waals surface area contributed by atoms with Crippen molar-refractivity contribution in [2.24, 2.45) is 0 Å². The summed E-state index contributed by atoms with van der Waals surface area (Å²) in [6.45, 7) is 4.29. The second-order valence-corrected chi connectivity index (χ2v) is 11.4. The molecule has 9 nitrogen and oxygen atoms in total. The Kier molecular flexibility index (Phi) is 6.07. The molecule has 0 radical (unpaired) electrons. The second kappa shape index (κ2) is 9.06. The zero-order valence-electron chi connectivity index (χ0n) is 19.6. The average molecular weight is 512 g/mol. The van der Waals surface area contributed by atoms with Gasteiger partial charge >= 0.3 is 0 Å². The molecule has 1 saturated carbocycles. The van der Waals surface area contributed by atoms with Gasteiger partial charge in [-0.1, -0.05) is 17.4 Å². The molecule has 0 spiro atoms. The van der Waals surface area contributed by atoms with E-state index in [2.05, 4.69) is 10.4 Å². The Hall–Kier alpha value is -3.28.